The Kier molecular flexibility index (Phi) is 5.90. The van der Waals surface area contributed by atoms with Crippen molar-refractivity contribution in [2.24, 2.45) is 0 Å². The second-order valence-electron chi connectivity index (χ2n) is 5.65. The van der Waals surface area contributed by atoms with Crippen LogP contribution in [0.4, 0.5) is 5.69 Å². The van der Waals surface area contributed by atoms with E-state index in [0.717, 1.165) is 35.1 Å². The molecule has 0 amide bonds. The molecule has 1 aliphatic heterocycles. The number of nitrogens with zero attached hydrogens (tertiary/aromatic N) is 1. The van der Waals surface area contributed by atoms with E-state index in [1.165, 1.54) is 10.5 Å². The molecule has 1 atom stereocenters. The monoisotopic (exact) mass is 358 g/mol. The Morgan fingerprint density at radius 2 is 2.21 bits per heavy atom. The normalized spacial score (nSPS) is 16.1. The number of thioether (sulfide) groups is 1. The molecule has 2 aromatic rings. The molecule has 3 nitrogen and oxygen atoms in total. The Balaban J connectivity index is 1.69. The summed E-state index contributed by atoms with van der Waals surface area (Å²) in [5.74, 6) is 1.92. The summed E-state index contributed by atoms with van der Waals surface area (Å²) in [6, 6.07) is 16.5. The van der Waals surface area contributed by atoms with E-state index in [0.29, 0.717) is 13.0 Å². The van der Waals surface area contributed by atoms with E-state index in [9.17, 15) is 0 Å². The van der Waals surface area contributed by atoms with Crippen LogP contribution in [0.2, 0.25) is 5.02 Å². The van der Waals surface area contributed by atoms with Gasteiger partial charge in [-0.15, -0.1) is 11.8 Å². The molecule has 1 N–H and O–H groups in total. The van der Waals surface area contributed by atoms with E-state index in [-0.39, 0.29) is 6.04 Å². The fourth-order valence-electron chi connectivity index (χ4n) is 2.73. The maximum absolute atomic E-state index is 8.56. The van der Waals surface area contributed by atoms with Crippen LogP contribution in [0.5, 0.6) is 5.75 Å². The second-order valence-corrected chi connectivity index (χ2v) is 7.23. The van der Waals surface area contributed by atoms with Crippen molar-refractivity contribution in [2.75, 3.05) is 17.7 Å². The fourth-order valence-corrected chi connectivity index (χ4v) is 4.02. The number of unbranched alkanes of at least 4 members (excludes halogenated alkanes) is 1. The van der Waals surface area contributed by atoms with Crippen molar-refractivity contribution >= 4 is 29.1 Å². The fraction of sp³-hybridized carbons (Fsp3) is 0.316. The lowest BCUT2D eigenvalue weighted by molar-refractivity contribution is 0.313. The van der Waals surface area contributed by atoms with Crippen LogP contribution in [0.15, 0.2) is 47.4 Å². The van der Waals surface area contributed by atoms with Gasteiger partial charge in [0, 0.05) is 33.8 Å². The van der Waals surface area contributed by atoms with Gasteiger partial charge in [-0.25, -0.2) is 0 Å². The third-order valence-corrected chi connectivity index (χ3v) is 5.25. The summed E-state index contributed by atoms with van der Waals surface area (Å²) in [7, 11) is 0. The first-order chi connectivity index (χ1) is 11.8. The minimum absolute atomic E-state index is 0.258. The van der Waals surface area contributed by atoms with E-state index in [4.69, 9.17) is 21.6 Å². The zero-order chi connectivity index (χ0) is 16.8. The maximum Gasteiger partial charge on any atom is 0.121 e. The van der Waals surface area contributed by atoms with Gasteiger partial charge < -0.3 is 10.1 Å². The number of ether oxygens (including phenoxy) is 1. The van der Waals surface area contributed by atoms with E-state index in [2.05, 4.69) is 23.5 Å². The standard InChI is InChI=1S/C19H19ClN2OS/c20-14-6-7-19-17(12-14)18(8-11-24-19)22-15-4-3-5-16(13-15)23-10-2-1-9-21/h3-7,12-13,18,22H,1-2,8,10-11H2. The van der Waals surface area contributed by atoms with Gasteiger partial charge >= 0.3 is 0 Å². The number of hydrogen-bond acceptors (Lipinski definition) is 4. The highest BCUT2D eigenvalue weighted by atomic mass is 35.5. The van der Waals surface area contributed by atoms with Crippen molar-refractivity contribution in [3.8, 4) is 11.8 Å². The molecule has 3 rings (SSSR count). The molecule has 0 bridgehead atoms. The summed E-state index contributed by atoms with van der Waals surface area (Å²) in [5, 5.41) is 12.9. The number of rotatable bonds is 6. The van der Waals surface area contributed by atoms with Crippen LogP contribution in [0.1, 0.15) is 30.9 Å². The highest BCUT2D eigenvalue weighted by Gasteiger charge is 2.21. The van der Waals surface area contributed by atoms with Gasteiger partial charge in [0.2, 0.25) is 0 Å². The van der Waals surface area contributed by atoms with Gasteiger partial charge in [0.05, 0.1) is 18.7 Å². The zero-order valence-corrected chi connectivity index (χ0v) is 14.9. The van der Waals surface area contributed by atoms with Gasteiger partial charge in [-0.3, -0.25) is 0 Å². The van der Waals surface area contributed by atoms with Gasteiger partial charge in [0.1, 0.15) is 5.75 Å². The predicted molar refractivity (Wildman–Crippen MR) is 99.9 cm³/mol. The molecule has 2 aromatic carbocycles. The largest absolute Gasteiger partial charge is 0.493 e. The van der Waals surface area contributed by atoms with Gasteiger partial charge in [-0.05, 0) is 48.7 Å². The third kappa shape index (κ3) is 4.37. The molecule has 0 aliphatic carbocycles. The summed E-state index contributed by atoms with van der Waals surface area (Å²) in [5.41, 5.74) is 2.30. The summed E-state index contributed by atoms with van der Waals surface area (Å²) in [6.07, 6.45) is 2.33. The van der Waals surface area contributed by atoms with Gasteiger partial charge in [-0.1, -0.05) is 17.7 Å². The molecule has 5 heteroatoms. The van der Waals surface area contributed by atoms with Crippen LogP contribution in [-0.2, 0) is 0 Å². The lowest BCUT2D eigenvalue weighted by Crippen LogP contribution is -2.16. The highest BCUT2D eigenvalue weighted by Crippen LogP contribution is 2.39. The molecule has 0 aromatic heterocycles. The number of hydrogen-bond donors (Lipinski definition) is 1. The van der Waals surface area contributed by atoms with Crippen molar-refractivity contribution in [1.82, 2.24) is 0 Å². The average Bonchev–Trinajstić information content (AvgIpc) is 2.60. The second kappa shape index (κ2) is 8.32. The highest BCUT2D eigenvalue weighted by molar-refractivity contribution is 7.99. The van der Waals surface area contributed by atoms with E-state index >= 15 is 0 Å². The van der Waals surface area contributed by atoms with Crippen molar-refractivity contribution in [1.29, 1.82) is 5.26 Å². The van der Waals surface area contributed by atoms with Gasteiger partial charge in [-0.2, -0.15) is 5.26 Å². The minimum atomic E-state index is 0.258. The van der Waals surface area contributed by atoms with Crippen LogP contribution >= 0.6 is 23.4 Å². The Morgan fingerprint density at radius 3 is 3.08 bits per heavy atom. The number of anilines is 1. The SMILES string of the molecule is N#CCCCOc1cccc(NC2CCSc3ccc(Cl)cc32)c1. The molecule has 124 valence electrons. The van der Waals surface area contributed by atoms with E-state index in [1.807, 2.05) is 42.1 Å². The van der Waals surface area contributed by atoms with Gasteiger partial charge in [0.25, 0.3) is 0 Å². The van der Waals surface area contributed by atoms with Gasteiger partial charge in [0.15, 0.2) is 0 Å². The smallest absolute Gasteiger partial charge is 0.121 e. The number of benzene rings is 2. The van der Waals surface area contributed by atoms with Crippen LogP contribution < -0.4 is 10.1 Å². The average molecular weight is 359 g/mol. The van der Waals surface area contributed by atoms with Crippen LogP contribution in [-0.4, -0.2) is 12.4 Å². The predicted octanol–water partition coefficient (Wildman–Crippen LogP) is 5.67. The molecule has 0 radical (unpaired) electrons. The Bertz CT molecular complexity index is 744. The number of nitrogens with one attached hydrogen (secondary N) is 1. The lowest BCUT2D eigenvalue weighted by atomic mass is 10.0. The molecule has 1 heterocycles. The van der Waals surface area contributed by atoms with Crippen molar-refractivity contribution < 1.29 is 4.74 Å². The quantitative estimate of drug-likeness (QED) is 0.675. The molecule has 1 unspecified atom stereocenters. The lowest BCUT2D eigenvalue weighted by Gasteiger charge is -2.27. The summed E-state index contributed by atoms with van der Waals surface area (Å²) < 4.78 is 5.71. The molecule has 1 aliphatic rings. The maximum atomic E-state index is 8.56. The first-order valence-electron chi connectivity index (χ1n) is 8.05. The van der Waals surface area contributed by atoms with Crippen molar-refractivity contribution in [2.45, 2.75) is 30.2 Å². The number of nitriles is 1. The van der Waals surface area contributed by atoms with Crippen LogP contribution in [0, 0.1) is 11.3 Å². The molecule has 0 saturated heterocycles. The summed E-state index contributed by atoms with van der Waals surface area (Å²) in [6.45, 7) is 0.565. The van der Waals surface area contributed by atoms with Crippen molar-refractivity contribution in [3.63, 3.8) is 0 Å². The molecule has 0 saturated carbocycles. The molecular weight excluding hydrogens is 340 g/mol. The molecular formula is C19H19ClN2OS. The van der Waals surface area contributed by atoms with Crippen LogP contribution in [0.3, 0.4) is 0 Å². The Labute approximate surface area is 152 Å². The van der Waals surface area contributed by atoms with Crippen molar-refractivity contribution in [3.05, 3.63) is 53.1 Å². The third-order valence-electron chi connectivity index (χ3n) is 3.89. The zero-order valence-electron chi connectivity index (χ0n) is 13.3. The Morgan fingerprint density at radius 1 is 1.29 bits per heavy atom. The first-order valence-corrected chi connectivity index (χ1v) is 9.41. The van der Waals surface area contributed by atoms with E-state index in [1.54, 1.807) is 0 Å². The molecule has 0 fully saturated rings. The number of halogens is 1. The minimum Gasteiger partial charge on any atom is -0.493 e. The van der Waals surface area contributed by atoms with Crippen LogP contribution in [0.25, 0.3) is 0 Å². The first kappa shape index (κ1) is 17.0. The summed E-state index contributed by atoms with van der Waals surface area (Å²) in [4.78, 5) is 1.30. The molecule has 24 heavy (non-hydrogen) atoms. The topological polar surface area (TPSA) is 45.0 Å². The molecule has 0 spiro atoms. The number of fused-ring (bicyclic) bond motifs is 1. The Hall–Kier alpha value is -1.83. The summed E-state index contributed by atoms with van der Waals surface area (Å²) >= 11 is 8.05. The van der Waals surface area contributed by atoms with E-state index < -0.39 is 0 Å².